The van der Waals surface area contributed by atoms with Crippen LogP contribution >= 0.6 is 0 Å². The molecule has 3 nitrogen and oxygen atoms in total. The molecule has 0 heterocycles. The normalized spacial score (nSPS) is 19.1. The smallest absolute Gasteiger partial charge is 0.136 e. The van der Waals surface area contributed by atoms with Gasteiger partial charge in [0.25, 0.3) is 0 Å². The average Bonchev–Trinajstić information content (AvgIpc) is 2.53. The van der Waals surface area contributed by atoms with Gasteiger partial charge in [0, 0.05) is 31.6 Å². The van der Waals surface area contributed by atoms with Crippen molar-refractivity contribution in [2.75, 3.05) is 0 Å². The maximum absolute atomic E-state index is 11.5. The van der Waals surface area contributed by atoms with Gasteiger partial charge in [0.2, 0.25) is 0 Å². The minimum absolute atomic E-state index is 0.141. The number of Topliss-reactive ketones (excluding diaryl/α,β-unsaturated/α-hetero) is 2. The van der Waals surface area contributed by atoms with Gasteiger partial charge in [-0.1, -0.05) is 35.4 Å². The summed E-state index contributed by atoms with van der Waals surface area (Å²) >= 11 is 0. The Morgan fingerprint density at radius 3 is 1.68 bits per heavy atom. The molecule has 1 aromatic carbocycles. The van der Waals surface area contributed by atoms with Crippen LogP contribution < -0.4 is 0 Å². The van der Waals surface area contributed by atoms with E-state index in [1.807, 2.05) is 12.1 Å². The zero-order chi connectivity index (χ0) is 15.5. The summed E-state index contributed by atoms with van der Waals surface area (Å²) in [6.45, 7) is 0. The largest absolute Gasteiger partial charge is 0.508 e. The first kappa shape index (κ1) is 14.8. The standard InChI is InChI=1S/C19H20O3/c20-16-7-1-13(2-8-16)19(14-3-9-17(21)10-4-14)15-5-11-18(22)12-6-15/h1-3,5,7-8,19-20H,4,6,9-12H2. The van der Waals surface area contributed by atoms with Crippen molar-refractivity contribution in [3.63, 3.8) is 0 Å². The molecule has 0 radical (unpaired) electrons. The number of aromatic hydroxyl groups is 1. The first-order valence-electron chi connectivity index (χ1n) is 7.83. The van der Waals surface area contributed by atoms with Crippen LogP contribution in [-0.4, -0.2) is 16.7 Å². The summed E-state index contributed by atoms with van der Waals surface area (Å²) in [4.78, 5) is 23.0. The van der Waals surface area contributed by atoms with Gasteiger partial charge in [0.1, 0.15) is 17.3 Å². The molecule has 2 aliphatic rings. The van der Waals surface area contributed by atoms with E-state index in [0.717, 1.165) is 18.4 Å². The van der Waals surface area contributed by atoms with Crippen LogP contribution in [0.2, 0.25) is 0 Å². The van der Waals surface area contributed by atoms with Crippen molar-refractivity contribution in [3.05, 3.63) is 53.1 Å². The van der Waals surface area contributed by atoms with Crippen LogP contribution in [0.3, 0.4) is 0 Å². The molecule has 0 spiro atoms. The van der Waals surface area contributed by atoms with E-state index in [-0.39, 0.29) is 11.7 Å². The highest BCUT2D eigenvalue weighted by Crippen LogP contribution is 2.40. The van der Waals surface area contributed by atoms with E-state index in [1.165, 1.54) is 11.1 Å². The van der Waals surface area contributed by atoms with E-state index in [9.17, 15) is 14.7 Å². The van der Waals surface area contributed by atoms with Crippen LogP contribution in [-0.2, 0) is 9.59 Å². The lowest BCUT2D eigenvalue weighted by atomic mass is 9.76. The van der Waals surface area contributed by atoms with Gasteiger partial charge in [0.15, 0.2) is 0 Å². The van der Waals surface area contributed by atoms with E-state index >= 15 is 0 Å². The van der Waals surface area contributed by atoms with Crippen molar-refractivity contribution < 1.29 is 14.7 Å². The quantitative estimate of drug-likeness (QED) is 0.862. The SMILES string of the molecule is O=C1CC=C(C(C2=CCC(=O)CC2)c2ccc(O)cc2)CC1. The predicted molar refractivity (Wildman–Crippen MR) is 84.7 cm³/mol. The van der Waals surface area contributed by atoms with E-state index in [1.54, 1.807) is 12.1 Å². The summed E-state index contributed by atoms with van der Waals surface area (Å²) in [7, 11) is 0. The Kier molecular flexibility index (Phi) is 4.23. The number of phenols is 1. The molecule has 0 fully saturated rings. The number of allylic oxidation sites excluding steroid dienone is 4. The lowest BCUT2D eigenvalue weighted by molar-refractivity contribution is -0.119. The van der Waals surface area contributed by atoms with Gasteiger partial charge in [-0.05, 0) is 30.5 Å². The summed E-state index contributed by atoms with van der Waals surface area (Å²) in [6, 6.07) is 7.28. The zero-order valence-electron chi connectivity index (χ0n) is 12.5. The third-order valence-electron chi connectivity index (χ3n) is 4.54. The van der Waals surface area contributed by atoms with E-state index in [0.29, 0.717) is 37.2 Å². The summed E-state index contributed by atoms with van der Waals surface area (Å²) in [5, 5.41) is 9.51. The average molecular weight is 296 g/mol. The number of hydrogen-bond donors (Lipinski definition) is 1. The van der Waals surface area contributed by atoms with Crippen molar-refractivity contribution in [2.45, 2.75) is 44.4 Å². The Morgan fingerprint density at radius 1 is 0.773 bits per heavy atom. The molecule has 0 aromatic heterocycles. The van der Waals surface area contributed by atoms with E-state index in [2.05, 4.69) is 12.2 Å². The molecule has 0 saturated heterocycles. The zero-order valence-corrected chi connectivity index (χ0v) is 12.5. The Bertz CT molecular complexity index is 614. The molecular weight excluding hydrogens is 276 g/mol. The molecule has 114 valence electrons. The monoisotopic (exact) mass is 296 g/mol. The molecule has 0 aliphatic heterocycles. The Morgan fingerprint density at radius 2 is 1.27 bits per heavy atom. The Balaban J connectivity index is 1.97. The van der Waals surface area contributed by atoms with Crippen LogP contribution in [0.15, 0.2) is 47.6 Å². The van der Waals surface area contributed by atoms with Crippen molar-refractivity contribution in [3.8, 4) is 5.75 Å². The molecule has 3 heteroatoms. The van der Waals surface area contributed by atoms with Crippen LogP contribution in [0.4, 0.5) is 0 Å². The number of carbonyl (C=O) groups is 2. The maximum Gasteiger partial charge on any atom is 0.136 e. The summed E-state index contributed by atoms with van der Waals surface area (Å²) < 4.78 is 0. The maximum atomic E-state index is 11.5. The highest BCUT2D eigenvalue weighted by atomic mass is 16.3. The second-order valence-corrected chi connectivity index (χ2v) is 6.07. The highest BCUT2D eigenvalue weighted by molar-refractivity contribution is 5.82. The van der Waals surface area contributed by atoms with Gasteiger partial charge in [0.05, 0.1) is 0 Å². The van der Waals surface area contributed by atoms with Crippen LogP contribution in [0, 0.1) is 0 Å². The lowest BCUT2D eigenvalue weighted by Gasteiger charge is -2.28. The second kappa shape index (κ2) is 6.30. The molecule has 1 N–H and O–H groups in total. The Hall–Kier alpha value is -2.16. The minimum atomic E-state index is 0.141. The van der Waals surface area contributed by atoms with E-state index < -0.39 is 0 Å². The lowest BCUT2D eigenvalue weighted by Crippen LogP contribution is -2.15. The predicted octanol–water partition coefficient (Wildman–Crippen LogP) is 3.83. The van der Waals surface area contributed by atoms with Crippen molar-refractivity contribution >= 4 is 11.6 Å². The van der Waals surface area contributed by atoms with Crippen molar-refractivity contribution in [1.82, 2.24) is 0 Å². The first-order valence-corrected chi connectivity index (χ1v) is 7.83. The van der Waals surface area contributed by atoms with Gasteiger partial charge < -0.3 is 5.11 Å². The fourth-order valence-electron chi connectivity index (χ4n) is 3.32. The molecule has 2 aliphatic carbocycles. The number of benzene rings is 1. The van der Waals surface area contributed by atoms with E-state index in [4.69, 9.17) is 0 Å². The Labute approximate surface area is 130 Å². The first-order chi connectivity index (χ1) is 10.6. The molecule has 0 bridgehead atoms. The van der Waals surface area contributed by atoms with Crippen LogP contribution in [0.1, 0.15) is 50.0 Å². The molecular formula is C19H20O3. The summed E-state index contributed by atoms with van der Waals surface area (Å²) in [5.41, 5.74) is 3.66. The molecule has 0 saturated carbocycles. The number of hydrogen-bond acceptors (Lipinski definition) is 3. The number of rotatable bonds is 3. The molecule has 1 aromatic rings. The van der Waals surface area contributed by atoms with Gasteiger partial charge >= 0.3 is 0 Å². The highest BCUT2D eigenvalue weighted by Gasteiger charge is 2.26. The molecule has 0 unspecified atom stereocenters. The van der Waals surface area contributed by atoms with Crippen molar-refractivity contribution in [1.29, 1.82) is 0 Å². The molecule has 22 heavy (non-hydrogen) atoms. The van der Waals surface area contributed by atoms with Gasteiger partial charge in [-0.3, -0.25) is 9.59 Å². The number of carbonyl (C=O) groups excluding carboxylic acids is 2. The second-order valence-electron chi connectivity index (χ2n) is 6.07. The summed E-state index contributed by atoms with van der Waals surface area (Å²) in [6.07, 6.45) is 7.91. The van der Waals surface area contributed by atoms with Crippen LogP contribution in [0.25, 0.3) is 0 Å². The molecule has 0 amide bonds. The minimum Gasteiger partial charge on any atom is -0.508 e. The molecule has 3 rings (SSSR count). The number of phenolic OH excluding ortho intramolecular Hbond substituents is 1. The topological polar surface area (TPSA) is 54.4 Å². The fourth-order valence-corrected chi connectivity index (χ4v) is 3.32. The number of ketones is 2. The summed E-state index contributed by atoms with van der Waals surface area (Å²) in [5.74, 6) is 0.979. The van der Waals surface area contributed by atoms with Gasteiger partial charge in [-0.2, -0.15) is 0 Å². The van der Waals surface area contributed by atoms with Gasteiger partial charge in [-0.15, -0.1) is 0 Å². The third kappa shape index (κ3) is 3.19. The fraction of sp³-hybridized carbons (Fsp3) is 0.368. The van der Waals surface area contributed by atoms with Crippen LogP contribution in [0.5, 0.6) is 5.75 Å². The molecule has 0 atom stereocenters. The third-order valence-corrected chi connectivity index (χ3v) is 4.54. The van der Waals surface area contributed by atoms with Crippen molar-refractivity contribution in [2.24, 2.45) is 0 Å². The van der Waals surface area contributed by atoms with Gasteiger partial charge in [-0.25, -0.2) is 0 Å².